The van der Waals surface area contributed by atoms with Gasteiger partial charge in [0.2, 0.25) is 0 Å². The number of hydrogen-bond donors (Lipinski definition) is 2. The molecule has 6 heteroatoms. The number of ether oxygens (including phenoxy) is 2. The zero-order valence-electron chi connectivity index (χ0n) is 12.7. The molecule has 0 amide bonds. The number of hydrogen-bond acceptors (Lipinski definition) is 4. The molecule has 0 saturated carbocycles. The van der Waals surface area contributed by atoms with Crippen molar-refractivity contribution in [1.82, 2.24) is 5.32 Å². The van der Waals surface area contributed by atoms with E-state index in [-0.39, 0.29) is 0 Å². The van der Waals surface area contributed by atoms with E-state index in [0.29, 0.717) is 16.7 Å². The molecule has 0 aromatic heterocycles. The molecule has 5 nitrogen and oxygen atoms in total. The molecule has 112 valence electrons. The molecule has 0 bridgehead atoms. The Bertz CT molecular complexity index is 452. The molecule has 2 N–H and O–H groups in total. The van der Waals surface area contributed by atoms with E-state index >= 15 is 0 Å². The van der Waals surface area contributed by atoms with Crippen molar-refractivity contribution in [3.05, 3.63) is 18.2 Å². The summed E-state index contributed by atoms with van der Waals surface area (Å²) >= 11 is 1.81. The maximum absolute atomic E-state index is 5.28. The lowest BCUT2D eigenvalue weighted by Crippen LogP contribution is -2.34. The van der Waals surface area contributed by atoms with E-state index in [2.05, 4.69) is 28.8 Å². The van der Waals surface area contributed by atoms with E-state index in [1.807, 2.05) is 30.0 Å². The molecule has 0 saturated heterocycles. The molecule has 0 aliphatic rings. The Morgan fingerprint density at radius 3 is 2.55 bits per heavy atom. The summed E-state index contributed by atoms with van der Waals surface area (Å²) in [5.74, 6) is 2.13. The quantitative estimate of drug-likeness (QED) is 0.624. The highest BCUT2D eigenvalue weighted by molar-refractivity contribution is 7.99. The Balaban J connectivity index is 2.70. The number of nitrogens with one attached hydrogen (secondary N) is 2. The van der Waals surface area contributed by atoms with E-state index in [4.69, 9.17) is 9.47 Å². The standard InChI is InChI=1S/C14H23N3O2S/c1-10(20-5)9-16-14(15-2)17-11-6-7-12(18-3)13(8-11)19-4/h6-8,10H,9H2,1-5H3,(H2,15,16,17). The minimum Gasteiger partial charge on any atom is -0.493 e. The molecule has 1 aromatic carbocycles. The number of thioether (sulfide) groups is 1. The van der Waals surface area contributed by atoms with Gasteiger partial charge in [0.05, 0.1) is 14.2 Å². The van der Waals surface area contributed by atoms with Crippen LogP contribution in [-0.4, -0.2) is 45.3 Å². The number of anilines is 1. The number of nitrogens with zero attached hydrogens (tertiary/aromatic N) is 1. The predicted octanol–water partition coefficient (Wildman–Crippen LogP) is 2.44. The van der Waals surface area contributed by atoms with E-state index < -0.39 is 0 Å². The summed E-state index contributed by atoms with van der Waals surface area (Å²) in [7, 11) is 4.99. The van der Waals surface area contributed by atoms with Gasteiger partial charge in [0.25, 0.3) is 0 Å². The van der Waals surface area contributed by atoms with Crippen LogP contribution in [0, 0.1) is 0 Å². The van der Waals surface area contributed by atoms with Gasteiger partial charge in [0, 0.05) is 30.6 Å². The Morgan fingerprint density at radius 2 is 2.00 bits per heavy atom. The van der Waals surface area contributed by atoms with Crippen LogP contribution in [0.15, 0.2) is 23.2 Å². The summed E-state index contributed by atoms with van der Waals surface area (Å²) in [6, 6.07) is 5.66. The van der Waals surface area contributed by atoms with Crippen molar-refractivity contribution < 1.29 is 9.47 Å². The number of benzene rings is 1. The maximum atomic E-state index is 5.28. The number of rotatable bonds is 6. The second-order valence-corrected chi connectivity index (χ2v) is 5.47. The maximum Gasteiger partial charge on any atom is 0.195 e. The van der Waals surface area contributed by atoms with Gasteiger partial charge in [-0.1, -0.05) is 6.92 Å². The second kappa shape index (κ2) is 8.58. The van der Waals surface area contributed by atoms with Crippen LogP contribution >= 0.6 is 11.8 Å². The third-order valence-electron chi connectivity index (χ3n) is 2.83. The van der Waals surface area contributed by atoms with Crippen molar-refractivity contribution in [2.24, 2.45) is 4.99 Å². The van der Waals surface area contributed by atoms with Crippen LogP contribution in [-0.2, 0) is 0 Å². The predicted molar refractivity (Wildman–Crippen MR) is 87.5 cm³/mol. The summed E-state index contributed by atoms with van der Waals surface area (Å²) < 4.78 is 10.5. The lowest BCUT2D eigenvalue weighted by Gasteiger charge is -2.15. The van der Waals surface area contributed by atoms with Gasteiger partial charge in [-0.3, -0.25) is 4.99 Å². The second-order valence-electron chi connectivity index (χ2n) is 4.19. The number of methoxy groups -OCH3 is 2. The zero-order chi connectivity index (χ0) is 15.0. The van der Waals surface area contributed by atoms with Gasteiger partial charge >= 0.3 is 0 Å². The first-order valence-electron chi connectivity index (χ1n) is 6.37. The van der Waals surface area contributed by atoms with E-state index in [0.717, 1.165) is 18.2 Å². The van der Waals surface area contributed by atoms with Gasteiger partial charge < -0.3 is 20.1 Å². The van der Waals surface area contributed by atoms with Gasteiger partial charge in [-0.2, -0.15) is 11.8 Å². The van der Waals surface area contributed by atoms with Crippen molar-refractivity contribution in [2.75, 3.05) is 39.4 Å². The molecule has 1 aromatic rings. The van der Waals surface area contributed by atoms with Crippen molar-refractivity contribution in [1.29, 1.82) is 0 Å². The Kier molecular flexibility index (Phi) is 7.08. The molecule has 0 aliphatic carbocycles. The van der Waals surface area contributed by atoms with Crippen LogP contribution in [0.2, 0.25) is 0 Å². The highest BCUT2D eigenvalue weighted by atomic mass is 32.2. The van der Waals surface area contributed by atoms with Crippen molar-refractivity contribution >= 4 is 23.4 Å². The van der Waals surface area contributed by atoms with Crippen LogP contribution in [0.1, 0.15) is 6.92 Å². The zero-order valence-corrected chi connectivity index (χ0v) is 13.5. The molecule has 1 rings (SSSR count). The summed E-state index contributed by atoms with van der Waals surface area (Å²) in [6.45, 7) is 3.02. The van der Waals surface area contributed by atoms with E-state index in [1.54, 1.807) is 21.3 Å². The molecule has 0 fully saturated rings. The smallest absolute Gasteiger partial charge is 0.195 e. The van der Waals surface area contributed by atoms with Gasteiger partial charge in [-0.25, -0.2) is 0 Å². The topological polar surface area (TPSA) is 54.9 Å². The minimum atomic E-state index is 0.527. The fourth-order valence-corrected chi connectivity index (χ4v) is 1.80. The van der Waals surface area contributed by atoms with Crippen LogP contribution in [0.3, 0.4) is 0 Å². The van der Waals surface area contributed by atoms with Gasteiger partial charge in [0.15, 0.2) is 17.5 Å². The van der Waals surface area contributed by atoms with Crippen LogP contribution < -0.4 is 20.1 Å². The lowest BCUT2D eigenvalue weighted by molar-refractivity contribution is 0.355. The van der Waals surface area contributed by atoms with Crippen LogP contribution in [0.5, 0.6) is 11.5 Å². The van der Waals surface area contributed by atoms with Crippen LogP contribution in [0.4, 0.5) is 5.69 Å². The highest BCUT2D eigenvalue weighted by Gasteiger charge is 2.07. The number of aliphatic imine (C=N–C) groups is 1. The summed E-state index contributed by atoms with van der Waals surface area (Å²) in [5.41, 5.74) is 0.896. The minimum absolute atomic E-state index is 0.527. The highest BCUT2D eigenvalue weighted by Crippen LogP contribution is 2.29. The molecule has 0 spiro atoms. The van der Waals surface area contributed by atoms with Crippen molar-refractivity contribution in [3.63, 3.8) is 0 Å². The van der Waals surface area contributed by atoms with Crippen molar-refractivity contribution in [2.45, 2.75) is 12.2 Å². The lowest BCUT2D eigenvalue weighted by atomic mass is 10.3. The Hall–Kier alpha value is -1.56. The third-order valence-corrected chi connectivity index (χ3v) is 3.80. The van der Waals surface area contributed by atoms with Crippen LogP contribution in [0.25, 0.3) is 0 Å². The first-order valence-corrected chi connectivity index (χ1v) is 7.65. The summed E-state index contributed by atoms with van der Waals surface area (Å²) in [6.07, 6.45) is 2.09. The first kappa shape index (κ1) is 16.5. The molecule has 0 aliphatic heterocycles. The van der Waals surface area contributed by atoms with E-state index in [9.17, 15) is 0 Å². The molecule has 0 heterocycles. The monoisotopic (exact) mass is 297 g/mol. The Labute approximate surface area is 125 Å². The Morgan fingerprint density at radius 1 is 1.30 bits per heavy atom. The molecule has 20 heavy (non-hydrogen) atoms. The summed E-state index contributed by atoms with van der Waals surface area (Å²) in [5, 5.41) is 7.04. The fraction of sp³-hybridized carbons (Fsp3) is 0.500. The fourth-order valence-electron chi connectivity index (χ4n) is 1.55. The first-order chi connectivity index (χ1) is 9.64. The van der Waals surface area contributed by atoms with Gasteiger partial charge in [-0.05, 0) is 18.4 Å². The van der Waals surface area contributed by atoms with Crippen molar-refractivity contribution in [3.8, 4) is 11.5 Å². The SMILES string of the molecule is CN=C(NCC(C)SC)Nc1ccc(OC)c(OC)c1. The van der Waals surface area contributed by atoms with Gasteiger partial charge in [-0.15, -0.1) is 0 Å². The normalized spacial score (nSPS) is 12.8. The third kappa shape index (κ3) is 4.85. The summed E-state index contributed by atoms with van der Waals surface area (Å²) in [4.78, 5) is 4.20. The molecular formula is C14H23N3O2S. The largest absolute Gasteiger partial charge is 0.493 e. The number of guanidine groups is 1. The molecule has 0 radical (unpaired) electrons. The average molecular weight is 297 g/mol. The average Bonchev–Trinajstić information content (AvgIpc) is 2.50. The molecule has 1 unspecified atom stereocenters. The van der Waals surface area contributed by atoms with E-state index in [1.165, 1.54) is 0 Å². The molecule has 1 atom stereocenters. The van der Waals surface area contributed by atoms with Gasteiger partial charge in [0.1, 0.15) is 0 Å². The molecular weight excluding hydrogens is 274 g/mol.